The number of hydrogen-bond acceptors (Lipinski definition) is 6. The SMILES string of the molecule is O=C(O)C(CCC(O)O)N1C2CSC1CS2. The molecule has 0 spiro atoms. The number of carbonyl (C=O) groups is 1. The summed E-state index contributed by atoms with van der Waals surface area (Å²) in [4.78, 5) is 13.2. The molecule has 3 N–H and O–H groups in total. The topological polar surface area (TPSA) is 81.0 Å². The Morgan fingerprint density at radius 3 is 2.19 bits per heavy atom. The lowest BCUT2D eigenvalue weighted by molar-refractivity contribution is -0.144. The highest BCUT2D eigenvalue weighted by molar-refractivity contribution is 8.07. The van der Waals surface area contributed by atoms with Gasteiger partial charge in [-0.2, -0.15) is 0 Å². The summed E-state index contributed by atoms with van der Waals surface area (Å²) >= 11 is 3.59. The quantitative estimate of drug-likeness (QED) is 0.603. The lowest BCUT2D eigenvalue weighted by atomic mass is 10.1. The van der Waals surface area contributed by atoms with Gasteiger partial charge in [-0.15, -0.1) is 23.5 Å². The number of nitrogens with zero attached hydrogens (tertiary/aromatic N) is 1. The Hall–Kier alpha value is 0.0500. The molecule has 2 saturated heterocycles. The van der Waals surface area contributed by atoms with Crippen LogP contribution in [0.5, 0.6) is 0 Å². The van der Waals surface area contributed by atoms with Crippen molar-refractivity contribution in [2.45, 2.75) is 35.9 Å². The molecule has 2 heterocycles. The lowest BCUT2D eigenvalue weighted by Gasteiger charge is -2.27. The van der Waals surface area contributed by atoms with Crippen LogP contribution >= 0.6 is 23.5 Å². The number of thioether (sulfide) groups is 2. The maximum atomic E-state index is 11.2. The molecule has 0 amide bonds. The summed E-state index contributed by atoms with van der Waals surface area (Å²) in [7, 11) is 0. The zero-order valence-corrected chi connectivity index (χ0v) is 10.3. The van der Waals surface area contributed by atoms with Gasteiger partial charge in [-0.3, -0.25) is 9.69 Å². The Bertz CT molecular complexity index is 256. The molecule has 7 heteroatoms. The van der Waals surface area contributed by atoms with Gasteiger partial charge in [-0.25, -0.2) is 0 Å². The van der Waals surface area contributed by atoms with Crippen molar-refractivity contribution in [1.82, 2.24) is 4.90 Å². The minimum absolute atomic E-state index is 0.113. The van der Waals surface area contributed by atoms with Gasteiger partial charge >= 0.3 is 5.97 Å². The normalized spacial score (nSPS) is 31.2. The van der Waals surface area contributed by atoms with Gasteiger partial charge in [0.25, 0.3) is 0 Å². The minimum atomic E-state index is -1.41. The molecular formula is C9H15NO4S2. The molecule has 0 aliphatic carbocycles. The Labute approximate surface area is 102 Å². The molecule has 0 aromatic rings. The predicted octanol–water partition coefficient (Wildman–Crippen LogP) is -0.0217. The number of rotatable bonds is 5. The van der Waals surface area contributed by atoms with Gasteiger partial charge in [0.05, 0.1) is 10.7 Å². The van der Waals surface area contributed by atoms with E-state index >= 15 is 0 Å². The maximum absolute atomic E-state index is 11.2. The van der Waals surface area contributed by atoms with E-state index in [9.17, 15) is 9.90 Å². The molecule has 2 aliphatic heterocycles. The number of hydrogen-bond donors (Lipinski definition) is 3. The van der Waals surface area contributed by atoms with E-state index in [1.165, 1.54) is 0 Å². The van der Waals surface area contributed by atoms with Gasteiger partial charge in [-0.05, 0) is 12.8 Å². The fourth-order valence-electron chi connectivity index (χ4n) is 2.12. The summed E-state index contributed by atoms with van der Waals surface area (Å²) in [6, 6.07) is -0.582. The van der Waals surface area contributed by atoms with Crippen LogP contribution < -0.4 is 0 Å². The van der Waals surface area contributed by atoms with E-state index in [1.54, 1.807) is 23.5 Å². The largest absolute Gasteiger partial charge is 0.480 e. The first-order chi connectivity index (χ1) is 7.59. The van der Waals surface area contributed by atoms with Crippen molar-refractivity contribution >= 4 is 29.5 Å². The van der Waals surface area contributed by atoms with Crippen LogP contribution in [0.15, 0.2) is 0 Å². The third kappa shape index (κ3) is 2.48. The molecule has 0 saturated carbocycles. The zero-order valence-electron chi connectivity index (χ0n) is 8.65. The van der Waals surface area contributed by atoms with Crippen LogP contribution in [0.2, 0.25) is 0 Å². The summed E-state index contributed by atoms with van der Waals surface area (Å²) in [5, 5.41) is 27.4. The fraction of sp³-hybridized carbons (Fsp3) is 0.889. The number of carboxylic acids is 1. The molecule has 0 aromatic heterocycles. The summed E-state index contributed by atoms with van der Waals surface area (Å²) in [6.45, 7) is 0. The second-order valence-electron chi connectivity index (χ2n) is 3.94. The Balaban J connectivity index is 1.99. The summed E-state index contributed by atoms with van der Waals surface area (Å²) in [5.41, 5.74) is 0. The molecule has 2 bridgehead atoms. The highest BCUT2D eigenvalue weighted by Gasteiger charge is 2.46. The van der Waals surface area contributed by atoms with E-state index in [1.807, 2.05) is 4.90 Å². The molecule has 16 heavy (non-hydrogen) atoms. The summed E-state index contributed by atoms with van der Waals surface area (Å²) < 4.78 is 0. The first-order valence-electron chi connectivity index (χ1n) is 5.19. The Morgan fingerprint density at radius 1 is 1.25 bits per heavy atom. The van der Waals surface area contributed by atoms with Gasteiger partial charge < -0.3 is 15.3 Å². The predicted molar refractivity (Wildman–Crippen MR) is 63.2 cm³/mol. The summed E-state index contributed by atoms with van der Waals surface area (Å²) in [6.07, 6.45) is -1.01. The fourth-order valence-corrected chi connectivity index (χ4v) is 5.49. The van der Waals surface area contributed by atoms with E-state index in [2.05, 4.69) is 0 Å². The average molecular weight is 265 g/mol. The van der Waals surface area contributed by atoms with Crippen LogP contribution in [0.25, 0.3) is 0 Å². The first kappa shape index (κ1) is 12.5. The Kier molecular flexibility index (Phi) is 4.01. The van der Waals surface area contributed by atoms with Gasteiger partial charge in [0, 0.05) is 11.5 Å². The van der Waals surface area contributed by atoms with E-state index in [4.69, 9.17) is 10.2 Å². The molecule has 2 rings (SSSR count). The first-order valence-corrected chi connectivity index (χ1v) is 7.29. The number of aliphatic hydroxyl groups excluding tert-OH is 1. The van der Waals surface area contributed by atoms with Crippen LogP contribution in [0.4, 0.5) is 0 Å². The molecule has 3 atom stereocenters. The zero-order chi connectivity index (χ0) is 11.7. The summed E-state index contributed by atoms with van der Waals surface area (Å²) in [5.74, 6) is 1.09. The van der Waals surface area contributed by atoms with Gasteiger partial charge in [0.15, 0.2) is 6.29 Å². The van der Waals surface area contributed by atoms with Crippen LogP contribution in [0, 0.1) is 0 Å². The lowest BCUT2D eigenvalue weighted by Crippen LogP contribution is -2.44. The molecule has 92 valence electrons. The number of aliphatic carboxylic acids is 1. The molecule has 0 radical (unpaired) electrons. The highest BCUT2D eigenvalue weighted by atomic mass is 32.2. The molecule has 2 aliphatic rings. The van der Waals surface area contributed by atoms with Crippen molar-refractivity contribution in [3.05, 3.63) is 0 Å². The molecular weight excluding hydrogens is 250 g/mol. The van der Waals surface area contributed by atoms with Crippen molar-refractivity contribution in [1.29, 1.82) is 0 Å². The molecule has 3 unspecified atom stereocenters. The van der Waals surface area contributed by atoms with E-state index < -0.39 is 18.3 Å². The molecule has 2 fully saturated rings. The maximum Gasteiger partial charge on any atom is 0.320 e. The highest BCUT2D eigenvalue weighted by Crippen LogP contribution is 2.45. The van der Waals surface area contributed by atoms with Gasteiger partial charge in [0.2, 0.25) is 0 Å². The number of carboxylic acid groups (broad SMARTS) is 1. The second-order valence-corrected chi connectivity index (χ2v) is 6.36. The van der Waals surface area contributed by atoms with Crippen molar-refractivity contribution in [3.8, 4) is 0 Å². The smallest absolute Gasteiger partial charge is 0.320 e. The van der Waals surface area contributed by atoms with E-state index in [0.717, 1.165) is 11.5 Å². The van der Waals surface area contributed by atoms with Crippen LogP contribution in [-0.2, 0) is 4.79 Å². The van der Waals surface area contributed by atoms with Crippen LogP contribution in [-0.4, -0.2) is 60.8 Å². The van der Waals surface area contributed by atoms with Crippen molar-refractivity contribution < 1.29 is 20.1 Å². The van der Waals surface area contributed by atoms with Crippen molar-refractivity contribution in [3.63, 3.8) is 0 Å². The molecule has 5 nitrogen and oxygen atoms in total. The van der Waals surface area contributed by atoms with Gasteiger partial charge in [0.1, 0.15) is 6.04 Å². The Morgan fingerprint density at radius 2 is 1.81 bits per heavy atom. The third-order valence-electron chi connectivity index (χ3n) is 2.87. The van der Waals surface area contributed by atoms with Crippen LogP contribution in [0.3, 0.4) is 0 Å². The monoisotopic (exact) mass is 265 g/mol. The van der Waals surface area contributed by atoms with E-state index in [-0.39, 0.29) is 17.2 Å². The third-order valence-corrected chi connectivity index (χ3v) is 5.90. The average Bonchev–Trinajstić information content (AvgIpc) is 2.77. The second kappa shape index (κ2) is 5.14. The minimum Gasteiger partial charge on any atom is -0.480 e. The number of fused-ring (bicyclic) bond motifs is 2. The van der Waals surface area contributed by atoms with Gasteiger partial charge in [-0.1, -0.05) is 0 Å². The standard InChI is InChI=1S/C9H15NO4S2/c11-8(12)2-1-5(9(13)14)10-6-3-15-7(10)4-16-6/h5-8,11-12H,1-4H2,(H,13,14). The van der Waals surface area contributed by atoms with Crippen molar-refractivity contribution in [2.24, 2.45) is 0 Å². The molecule has 0 aromatic carbocycles. The van der Waals surface area contributed by atoms with E-state index in [0.29, 0.717) is 6.42 Å². The van der Waals surface area contributed by atoms with Crippen molar-refractivity contribution in [2.75, 3.05) is 11.5 Å². The van der Waals surface area contributed by atoms with Crippen LogP contribution in [0.1, 0.15) is 12.8 Å². The number of aliphatic hydroxyl groups is 2.